The van der Waals surface area contributed by atoms with Crippen LogP contribution in [0.3, 0.4) is 0 Å². The van der Waals surface area contributed by atoms with Gasteiger partial charge in [0.1, 0.15) is 0 Å². The predicted octanol–water partition coefficient (Wildman–Crippen LogP) is 4.25. The van der Waals surface area contributed by atoms with E-state index in [1.54, 1.807) is 11.3 Å². The Kier molecular flexibility index (Phi) is 4.84. The summed E-state index contributed by atoms with van der Waals surface area (Å²) in [6.07, 6.45) is 6.00. The van der Waals surface area contributed by atoms with Crippen molar-refractivity contribution in [3.8, 4) is 0 Å². The van der Waals surface area contributed by atoms with Crippen molar-refractivity contribution < 1.29 is 9.53 Å². The molecule has 1 fully saturated rings. The second-order valence-electron chi connectivity index (χ2n) is 6.79. The molecule has 1 aliphatic rings. The highest BCUT2D eigenvalue weighted by atomic mass is 32.1. The lowest BCUT2D eigenvalue weighted by molar-refractivity contribution is -0.146. The van der Waals surface area contributed by atoms with Crippen molar-refractivity contribution in [3.05, 3.63) is 16.6 Å². The molecule has 0 aliphatic heterocycles. The Morgan fingerprint density at radius 2 is 2.20 bits per heavy atom. The molecule has 3 unspecified atom stereocenters. The highest BCUT2D eigenvalue weighted by molar-refractivity contribution is 7.09. The summed E-state index contributed by atoms with van der Waals surface area (Å²) in [5.74, 6) is 1.10. The zero-order valence-electron chi connectivity index (χ0n) is 12.9. The van der Waals surface area contributed by atoms with Gasteiger partial charge in [0.2, 0.25) is 0 Å². The lowest BCUT2D eigenvalue weighted by Gasteiger charge is -2.30. The summed E-state index contributed by atoms with van der Waals surface area (Å²) < 4.78 is 4.96. The van der Waals surface area contributed by atoms with Crippen LogP contribution in [0.4, 0.5) is 0 Å². The monoisotopic (exact) mass is 295 g/mol. The molecule has 1 aromatic rings. The van der Waals surface area contributed by atoms with Crippen LogP contribution in [0.25, 0.3) is 0 Å². The Balaban J connectivity index is 2.11. The summed E-state index contributed by atoms with van der Waals surface area (Å²) >= 11 is 1.74. The zero-order valence-corrected chi connectivity index (χ0v) is 13.7. The Morgan fingerprint density at radius 3 is 2.80 bits per heavy atom. The van der Waals surface area contributed by atoms with Gasteiger partial charge in [0.15, 0.2) is 0 Å². The second kappa shape index (κ2) is 6.25. The van der Waals surface area contributed by atoms with E-state index in [1.807, 2.05) is 11.6 Å². The summed E-state index contributed by atoms with van der Waals surface area (Å²) in [5, 5.41) is 3.27. The third kappa shape index (κ3) is 3.60. The van der Waals surface area contributed by atoms with Gasteiger partial charge in [-0.3, -0.25) is 4.79 Å². The van der Waals surface area contributed by atoms with Crippen LogP contribution < -0.4 is 0 Å². The highest BCUT2D eigenvalue weighted by Gasteiger charge is 2.37. The number of carbonyl (C=O) groups is 1. The summed E-state index contributed by atoms with van der Waals surface area (Å²) in [5.41, 5.74) is 0.186. The number of methoxy groups -OCH3 is 1. The van der Waals surface area contributed by atoms with E-state index in [1.165, 1.54) is 12.1 Å². The first kappa shape index (κ1) is 15.5. The largest absolute Gasteiger partial charge is 0.469 e. The molecule has 0 amide bonds. The van der Waals surface area contributed by atoms with Crippen LogP contribution in [-0.2, 0) is 9.53 Å². The zero-order chi connectivity index (χ0) is 14.8. The molecule has 4 heteroatoms. The van der Waals surface area contributed by atoms with Crippen molar-refractivity contribution in [2.75, 3.05) is 7.11 Å². The fourth-order valence-corrected chi connectivity index (χ4v) is 4.33. The van der Waals surface area contributed by atoms with Gasteiger partial charge in [0.05, 0.1) is 18.0 Å². The van der Waals surface area contributed by atoms with Gasteiger partial charge in [0, 0.05) is 17.5 Å². The normalized spacial score (nSPS) is 27.6. The van der Waals surface area contributed by atoms with Crippen molar-refractivity contribution in [3.63, 3.8) is 0 Å². The number of hydrogen-bond donors (Lipinski definition) is 0. The van der Waals surface area contributed by atoms with Crippen molar-refractivity contribution in [1.82, 2.24) is 4.98 Å². The summed E-state index contributed by atoms with van der Waals surface area (Å²) in [7, 11) is 1.50. The predicted molar refractivity (Wildman–Crippen MR) is 81.8 cm³/mol. The van der Waals surface area contributed by atoms with Crippen LogP contribution in [0.5, 0.6) is 0 Å². The molecule has 1 saturated carbocycles. The lowest BCUT2D eigenvalue weighted by Crippen LogP contribution is -2.23. The van der Waals surface area contributed by atoms with Crippen molar-refractivity contribution in [2.45, 2.75) is 52.4 Å². The van der Waals surface area contributed by atoms with Crippen molar-refractivity contribution in [2.24, 2.45) is 17.3 Å². The number of aromatic nitrogens is 1. The summed E-state index contributed by atoms with van der Waals surface area (Å²) in [6, 6.07) is 0. The number of hydrogen-bond acceptors (Lipinski definition) is 4. The minimum Gasteiger partial charge on any atom is -0.469 e. The number of carbonyl (C=O) groups excluding carboxylic acids is 1. The molecule has 1 aliphatic carbocycles. The van der Waals surface area contributed by atoms with E-state index in [4.69, 9.17) is 4.74 Å². The fourth-order valence-electron chi connectivity index (χ4n) is 3.54. The minimum absolute atomic E-state index is 0.0411. The molecule has 0 N–H and O–H groups in total. The maximum Gasteiger partial charge on any atom is 0.308 e. The van der Waals surface area contributed by atoms with E-state index in [2.05, 4.69) is 25.8 Å². The van der Waals surface area contributed by atoms with E-state index >= 15 is 0 Å². The van der Waals surface area contributed by atoms with Crippen molar-refractivity contribution in [1.29, 1.82) is 0 Å². The van der Waals surface area contributed by atoms with Crippen LogP contribution in [0.2, 0.25) is 0 Å². The van der Waals surface area contributed by atoms with E-state index in [0.29, 0.717) is 11.8 Å². The molecule has 0 aromatic carbocycles. The first-order valence-corrected chi connectivity index (χ1v) is 8.28. The summed E-state index contributed by atoms with van der Waals surface area (Å²) in [6.45, 7) is 6.82. The molecule has 3 nitrogen and oxygen atoms in total. The summed E-state index contributed by atoms with van der Waals surface area (Å²) in [4.78, 5) is 16.3. The third-order valence-corrected chi connectivity index (χ3v) is 5.56. The standard InChI is InChI=1S/C16H25NO2S/c1-11(14-17-7-8-20-14)12-5-6-13(15(18)19-4)10-16(2,3)9-12/h7-8,11-13H,5-6,9-10H2,1-4H3. The van der Waals surface area contributed by atoms with Gasteiger partial charge < -0.3 is 4.74 Å². The number of esters is 1. The second-order valence-corrected chi connectivity index (χ2v) is 7.72. The molecule has 112 valence electrons. The molecule has 1 heterocycles. The van der Waals surface area contributed by atoms with Gasteiger partial charge in [-0.05, 0) is 37.0 Å². The van der Waals surface area contributed by atoms with Gasteiger partial charge >= 0.3 is 5.97 Å². The molecule has 0 saturated heterocycles. The number of rotatable bonds is 3. The van der Waals surface area contributed by atoms with Crippen LogP contribution in [0.15, 0.2) is 11.6 Å². The van der Waals surface area contributed by atoms with Gasteiger partial charge in [-0.2, -0.15) is 0 Å². The molecule has 1 aromatic heterocycles. The first-order valence-electron chi connectivity index (χ1n) is 7.40. The van der Waals surface area contributed by atoms with Gasteiger partial charge in [-0.15, -0.1) is 11.3 Å². The molecule has 20 heavy (non-hydrogen) atoms. The maximum atomic E-state index is 11.9. The number of nitrogens with zero attached hydrogens (tertiary/aromatic N) is 1. The van der Waals surface area contributed by atoms with E-state index in [-0.39, 0.29) is 17.3 Å². The topological polar surface area (TPSA) is 39.2 Å². The quantitative estimate of drug-likeness (QED) is 0.618. The molecular formula is C16H25NO2S. The lowest BCUT2D eigenvalue weighted by atomic mass is 9.76. The Bertz CT molecular complexity index is 441. The van der Waals surface area contributed by atoms with Crippen LogP contribution in [-0.4, -0.2) is 18.1 Å². The molecule has 3 atom stereocenters. The number of thiazole rings is 1. The van der Waals surface area contributed by atoms with Crippen LogP contribution in [0, 0.1) is 17.3 Å². The van der Waals surface area contributed by atoms with E-state index in [0.717, 1.165) is 25.7 Å². The smallest absolute Gasteiger partial charge is 0.308 e. The first-order chi connectivity index (χ1) is 9.43. The van der Waals surface area contributed by atoms with E-state index in [9.17, 15) is 4.79 Å². The molecule has 0 bridgehead atoms. The molecule has 2 rings (SSSR count). The number of ether oxygens (including phenoxy) is 1. The average Bonchev–Trinajstić information content (AvgIpc) is 2.88. The highest BCUT2D eigenvalue weighted by Crippen LogP contribution is 2.45. The molecule has 0 radical (unpaired) electrons. The Morgan fingerprint density at radius 1 is 1.45 bits per heavy atom. The third-order valence-electron chi connectivity index (χ3n) is 4.58. The SMILES string of the molecule is COC(=O)C1CCC(C(C)c2nccs2)CC(C)(C)C1. The fraction of sp³-hybridized carbons (Fsp3) is 0.750. The van der Waals surface area contributed by atoms with Crippen molar-refractivity contribution >= 4 is 17.3 Å². The molecular weight excluding hydrogens is 270 g/mol. The molecule has 0 spiro atoms. The van der Waals surface area contributed by atoms with E-state index < -0.39 is 0 Å². The Hall–Kier alpha value is -0.900. The van der Waals surface area contributed by atoms with Gasteiger partial charge in [0.25, 0.3) is 0 Å². The Labute approximate surface area is 125 Å². The van der Waals surface area contributed by atoms with Crippen LogP contribution in [0.1, 0.15) is 57.4 Å². The van der Waals surface area contributed by atoms with Crippen LogP contribution >= 0.6 is 11.3 Å². The minimum atomic E-state index is -0.0411. The van der Waals surface area contributed by atoms with Gasteiger partial charge in [-0.1, -0.05) is 20.8 Å². The van der Waals surface area contributed by atoms with Gasteiger partial charge in [-0.25, -0.2) is 4.98 Å². The average molecular weight is 295 g/mol. The maximum absolute atomic E-state index is 11.9.